The van der Waals surface area contributed by atoms with Gasteiger partial charge in [0.15, 0.2) is 0 Å². The SMILES string of the molecule is Cc1c([C@H](C)C(F)F)nn(CC2CC(F)(F)C2)c1C(=O)Nc1ccnc(C(N)=O)c1. The summed E-state index contributed by atoms with van der Waals surface area (Å²) >= 11 is 0. The largest absolute Gasteiger partial charge is 0.364 e. The molecule has 2 heterocycles. The van der Waals surface area contributed by atoms with Crippen LogP contribution in [0.5, 0.6) is 0 Å². The average molecular weight is 427 g/mol. The zero-order valence-corrected chi connectivity index (χ0v) is 16.3. The molecule has 162 valence electrons. The molecule has 0 unspecified atom stereocenters. The van der Waals surface area contributed by atoms with Crippen molar-refractivity contribution in [2.24, 2.45) is 11.7 Å². The molecule has 0 saturated heterocycles. The quantitative estimate of drug-likeness (QED) is 0.662. The van der Waals surface area contributed by atoms with Gasteiger partial charge in [-0.05, 0) is 25.0 Å². The summed E-state index contributed by atoms with van der Waals surface area (Å²) in [5.41, 5.74) is 5.61. The highest BCUT2D eigenvalue weighted by Gasteiger charge is 2.45. The van der Waals surface area contributed by atoms with E-state index in [4.69, 9.17) is 5.73 Å². The lowest BCUT2D eigenvalue weighted by molar-refractivity contribution is -0.114. The molecule has 0 radical (unpaired) electrons. The third-order valence-corrected chi connectivity index (χ3v) is 5.13. The number of pyridine rings is 1. The number of primary amides is 1. The number of anilines is 1. The van der Waals surface area contributed by atoms with Crippen LogP contribution in [-0.4, -0.2) is 38.9 Å². The Morgan fingerprint density at radius 3 is 2.60 bits per heavy atom. The topological polar surface area (TPSA) is 103 Å². The van der Waals surface area contributed by atoms with Crippen molar-refractivity contribution >= 4 is 17.5 Å². The predicted octanol–water partition coefficient (Wildman–Crippen LogP) is 3.35. The highest BCUT2D eigenvalue weighted by Crippen LogP contribution is 2.43. The molecular weight excluding hydrogens is 406 g/mol. The Bertz CT molecular complexity index is 968. The van der Waals surface area contributed by atoms with Crippen molar-refractivity contribution in [2.75, 3.05) is 5.32 Å². The van der Waals surface area contributed by atoms with Crippen molar-refractivity contribution < 1.29 is 27.2 Å². The van der Waals surface area contributed by atoms with Gasteiger partial charge in [0.05, 0.1) is 11.6 Å². The van der Waals surface area contributed by atoms with E-state index in [1.54, 1.807) is 0 Å². The number of rotatable bonds is 7. The molecule has 0 spiro atoms. The lowest BCUT2D eigenvalue weighted by Gasteiger charge is -2.35. The molecule has 1 saturated carbocycles. The molecule has 2 aromatic rings. The molecule has 1 aliphatic carbocycles. The Hall–Kier alpha value is -2.98. The first kappa shape index (κ1) is 21.7. The van der Waals surface area contributed by atoms with Gasteiger partial charge in [-0.2, -0.15) is 5.10 Å². The van der Waals surface area contributed by atoms with Crippen LogP contribution >= 0.6 is 0 Å². The van der Waals surface area contributed by atoms with E-state index in [1.165, 1.54) is 36.9 Å². The van der Waals surface area contributed by atoms with Crippen molar-refractivity contribution in [1.82, 2.24) is 14.8 Å². The smallest absolute Gasteiger partial charge is 0.274 e. The average Bonchev–Trinajstić information content (AvgIpc) is 2.95. The van der Waals surface area contributed by atoms with Gasteiger partial charge < -0.3 is 11.1 Å². The first-order valence-electron chi connectivity index (χ1n) is 9.29. The Morgan fingerprint density at radius 2 is 2.03 bits per heavy atom. The van der Waals surface area contributed by atoms with E-state index in [9.17, 15) is 27.2 Å². The summed E-state index contributed by atoms with van der Waals surface area (Å²) < 4.78 is 54.1. The van der Waals surface area contributed by atoms with Gasteiger partial charge in [0.2, 0.25) is 12.3 Å². The van der Waals surface area contributed by atoms with Crippen LogP contribution < -0.4 is 11.1 Å². The van der Waals surface area contributed by atoms with Crippen molar-refractivity contribution in [1.29, 1.82) is 0 Å². The predicted molar refractivity (Wildman–Crippen MR) is 99.8 cm³/mol. The summed E-state index contributed by atoms with van der Waals surface area (Å²) in [4.78, 5) is 28.0. The monoisotopic (exact) mass is 427 g/mol. The van der Waals surface area contributed by atoms with Gasteiger partial charge in [0.25, 0.3) is 11.8 Å². The summed E-state index contributed by atoms with van der Waals surface area (Å²) in [6.07, 6.45) is -2.12. The maximum Gasteiger partial charge on any atom is 0.274 e. The minimum atomic E-state index is -2.75. The minimum Gasteiger partial charge on any atom is -0.364 e. The number of nitrogens with one attached hydrogen (secondary N) is 1. The second-order valence-corrected chi connectivity index (χ2v) is 7.54. The van der Waals surface area contributed by atoms with Gasteiger partial charge >= 0.3 is 0 Å². The summed E-state index contributed by atoms with van der Waals surface area (Å²) in [5, 5.41) is 6.71. The van der Waals surface area contributed by atoms with Crippen LogP contribution in [0.3, 0.4) is 0 Å². The fraction of sp³-hybridized carbons (Fsp3) is 0.474. The van der Waals surface area contributed by atoms with Crippen LogP contribution in [-0.2, 0) is 6.54 Å². The number of carbonyl (C=O) groups is 2. The zero-order valence-electron chi connectivity index (χ0n) is 16.3. The van der Waals surface area contributed by atoms with Gasteiger partial charge in [-0.3, -0.25) is 19.3 Å². The van der Waals surface area contributed by atoms with E-state index in [-0.39, 0.29) is 47.7 Å². The highest BCUT2D eigenvalue weighted by atomic mass is 19.3. The molecule has 2 amide bonds. The van der Waals surface area contributed by atoms with Crippen molar-refractivity contribution in [3.05, 3.63) is 41.0 Å². The molecule has 1 aliphatic rings. The lowest BCUT2D eigenvalue weighted by Crippen LogP contribution is -2.38. The van der Waals surface area contributed by atoms with Crippen molar-refractivity contribution in [2.45, 2.75) is 51.5 Å². The molecule has 1 atom stereocenters. The number of halogens is 4. The number of carbonyl (C=O) groups excluding carboxylic acids is 2. The van der Waals surface area contributed by atoms with E-state index in [0.717, 1.165) is 0 Å². The second-order valence-electron chi connectivity index (χ2n) is 7.54. The summed E-state index contributed by atoms with van der Waals surface area (Å²) in [6, 6.07) is 2.70. The summed E-state index contributed by atoms with van der Waals surface area (Å²) in [7, 11) is 0. The van der Waals surface area contributed by atoms with Gasteiger partial charge in [-0.1, -0.05) is 6.92 Å². The zero-order chi connectivity index (χ0) is 22.2. The van der Waals surface area contributed by atoms with Crippen LogP contribution in [0.1, 0.15) is 57.9 Å². The fourth-order valence-electron chi connectivity index (χ4n) is 3.53. The van der Waals surface area contributed by atoms with E-state index < -0.39 is 36.0 Å². The number of alkyl halides is 4. The van der Waals surface area contributed by atoms with E-state index in [0.29, 0.717) is 0 Å². The molecule has 11 heteroatoms. The Kier molecular flexibility index (Phi) is 5.82. The Balaban J connectivity index is 1.91. The number of nitrogens with zero attached hydrogens (tertiary/aromatic N) is 3. The molecule has 30 heavy (non-hydrogen) atoms. The molecule has 2 aromatic heterocycles. The number of nitrogens with two attached hydrogens (primary N) is 1. The molecule has 0 aliphatic heterocycles. The molecule has 0 aromatic carbocycles. The van der Waals surface area contributed by atoms with Crippen LogP contribution in [0.4, 0.5) is 23.2 Å². The Morgan fingerprint density at radius 1 is 1.37 bits per heavy atom. The lowest BCUT2D eigenvalue weighted by atomic mass is 9.81. The van der Waals surface area contributed by atoms with Crippen LogP contribution in [0, 0.1) is 12.8 Å². The molecule has 1 fully saturated rings. The third-order valence-electron chi connectivity index (χ3n) is 5.13. The van der Waals surface area contributed by atoms with Crippen molar-refractivity contribution in [3.8, 4) is 0 Å². The van der Waals surface area contributed by atoms with Gasteiger partial charge in [0, 0.05) is 36.8 Å². The maximum atomic E-state index is 13.2. The number of hydrogen-bond acceptors (Lipinski definition) is 4. The van der Waals surface area contributed by atoms with E-state index in [2.05, 4.69) is 15.4 Å². The maximum absolute atomic E-state index is 13.2. The second kappa shape index (κ2) is 8.04. The van der Waals surface area contributed by atoms with Gasteiger partial charge in [-0.15, -0.1) is 0 Å². The molecule has 0 bridgehead atoms. The number of aromatic nitrogens is 3. The first-order chi connectivity index (χ1) is 14.0. The summed E-state index contributed by atoms with van der Waals surface area (Å²) in [5.74, 6) is -5.85. The first-order valence-corrected chi connectivity index (χ1v) is 9.29. The van der Waals surface area contributed by atoms with E-state index in [1.807, 2.05) is 0 Å². The normalized spacial score (nSPS) is 16.9. The number of amides is 2. The van der Waals surface area contributed by atoms with Crippen molar-refractivity contribution in [3.63, 3.8) is 0 Å². The molecule has 3 rings (SSSR count). The molecular formula is C19H21F4N5O2. The van der Waals surface area contributed by atoms with Crippen LogP contribution in [0.15, 0.2) is 18.3 Å². The van der Waals surface area contributed by atoms with Gasteiger partial charge in [-0.25, -0.2) is 17.6 Å². The standard InChI is InChI=1S/C19H21F4N5O2/c1-9-14(10(2)16(20)21)27-28(8-11-6-19(22,23)7-11)15(9)18(30)26-12-3-4-25-13(5-12)17(24)29/h3-5,10-11,16H,6-8H2,1-2H3,(H2,24,29)(H,25,26,30)/t10-/m0/s1. The van der Waals surface area contributed by atoms with Crippen LogP contribution in [0.2, 0.25) is 0 Å². The van der Waals surface area contributed by atoms with Crippen LogP contribution in [0.25, 0.3) is 0 Å². The Labute approximate surface area is 169 Å². The fourth-order valence-corrected chi connectivity index (χ4v) is 3.53. The third kappa shape index (κ3) is 4.44. The van der Waals surface area contributed by atoms with Gasteiger partial charge in [0.1, 0.15) is 11.4 Å². The number of hydrogen-bond donors (Lipinski definition) is 2. The highest BCUT2D eigenvalue weighted by molar-refractivity contribution is 6.04. The minimum absolute atomic E-state index is 0.00477. The van der Waals surface area contributed by atoms with E-state index >= 15 is 0 Å². The molecule has 7 nitrogen and oxygen atoms in total. The summed E-state index contributed by atoms with van der Waals surface area (Å²) in [6.45, 7) is 2.78. The molecule has 3 N–H and O–H groups in total.